The number of thiophene rings is 1. The largest absolute Gasteiger partial charge is 0.302 e. The molecule has 0 saturated heterocycles. The van der Waals surface area contributed by atoms with Crippen LogP contribution < -0.4 is 5.32 Å². The van der Waals surface area contributed by atoms with Crippen LogP contribution in [0.5, 0.6) is 0 Å². The molecule has 0 aliphatic heterocycles. The molecule has 2 aromatic heterocycles. The second kappa shape index (κ2) is 8.27. The third-order valence-corrected chi connectivity index (χ3v) is 6.39. The Morgan fingerprint density at radius 1 is 1.00 bits per heavy atom. The predicted molar refractivity (Wildman–Crippen MR) is 119 cm³/mol. The maximum absolute atomic E-state index is 12.3. The summed E-state index contributed by atoms with van der Waals surface area (Å²) in [7, 11) is 0. The molecule has 2 heterocycles. The van der Waals surface area contributed by atoms with Gasteiger partial charge < -0.3 is 5.32 Å². The molecule has 1 N–H and O–H groups in total. The van der Waals surface area contributed by atoms with Crippen molar-refractivity contribution in [1.82, 2.24) is 4.98 Å². The summed E-state index contributed by atoms with van der Waals surface area (Å²) in [4.78, 5) is 19.1. The van der Waals surface area contributed by atoms with Crippen LogP contribution in [0.15, 0.2) is 66.0 Å². The average Bonchev–Trinajstić information content (AvgIpc) is 3.34. The maximum Gasteiger partial charge on any atom is 0.230 e. The Labute approximate surface area is 176 Å². The van der Waals surface area contributed by atoms with Crippen LogP contribution in [0.25, 0.3) is 21.0 Å². The average molecular weight is 425 g/mol. The summed E-state index contributed by atoms with van der Waals surface area (Å²) < 4.78 is 0. The minimum atomic E-state index is -0.0882. The molecular formula is C22H17ClN2OS2. The second-order valence-corrected chi connectivity index (χ2v) is 8.80. The molecule has 0 fully saturated rings. The molecule has 0 aliphatic carbocycles. The summed E-state index contributed by atoms with van der Waals surface area (Å²) in [5.74, 6) is -0.0882. The number of hydrogen-bond donors (Lipinski definition) is 1. The molecular weight excluding hydrogens is 408 g/mol. The van der Waals surface area contributed by atoms with Crippen molar-refractivity contribution in [3.05, 3.63) is 82.2 Å². The maximum atomic E-state index is 12.3. The Morgan fingerprint density at radius 2 is 1.71 bits per heavy atom. The number of aromatic nitrogens is 1. The molecule has 1 amide bonds. The molecule has 28 heavy (non-hydrogen) atoms. The molecule has 2 aromatic carbocycles. The summed E-state index contributed by atoms with van der Waals surface area (Å²) in [5, 5.41) is 6.13. The highest BCUT2D eigenvalue weighted by Crippen LogP contribution is 2.35. The summed E-state index contributed by atoms with van der Waals surface area (Å²) in [6, 6.07) is 20.0. The van der Waals surface area contributed by atoms with Gasteiger partial charge in [0.15, 0.2) is 5.13 Å². The molecule has 0 unspecified atom stereocenters. The van der Waals surface area contributed by atoms with Crippen molar-refractivity contribution >= 4 is 45.3 Å². The van der Waals surface area contributed by atoms with Crippen LogP contribution in [0.2, 0.25) is 5.02 Å². The van der Waals surface area contributed by atoms with Crippen LogP contribution in [0.4, 0.5) is 5.13 Å². The van der Waals surface area contributed by atoms with Gasteiger partial charge in [0.2, 0.25) is 5.91 Å². The van der Waals surface area contributed by atoms with Crippen molar-refractivity contribution in [2.45, 2.75) is 13.3 Å². The SMILES string of the molecule is Cc1ccc(-c2ccc(-c3csc(NC(=O)Cc4ccc(Cl)cc4)n3)s2)cc1. The van der Waals surface area contributed by atoms with E-state index in [0.29, 0.717) is 16.6 Å². The van der Waals surface area contributed by atoms with Crippen LogP contribution in [0, 0.1) is 6.92 Å². The van der Waals surface area contributed by atoms with Crippen molar-refractivity contribution in [1.29, 1.82) is 0 Å². The number of hydrogen-bond acceptors (Lipinski definition) is 4. The van der Waals surface area contributed by atoms with E-state index < -0.39 is 0 Å². The van der Waals surface area contributed by atoms with Crippen molar-refractivity contribution in [2.24, 2.45) is 0 Å². The smallest absolute Gasteiger partial charge is 0.230 e. The third kappa shape index (κ3) is 4.50. The zero-order valence-electron chi connectivity index (χ0n) is 15.1. The van der Waals surface area contributed by atoms with Gasteiger partial charge in [-0.05, 0) is 42.3 Å². The summed E-state index contributed by atoms with van der Waals surface area (Å²) >= 11 is 9.01. The molecule has 0 spiro atoms. The minimum Gasteiger partial charge on any atom is -0.302 e. The van der Waals surface area contributed by atoms with Gasteiger partial charge in [-0.15, -0.1) is 22.7 Å². The lowest BCUT2D eigenvalue weighted by Gasteiger charge is -2.02. The Morgan fingerprint density at radius 3 is 2.46 bits per heavy atom. The van der Waals surface area contributed by atoms with Crippen molar-refractivity contribution < 1.29 is 4.79 Å². The molecule has 0 aliphatic rings. The normalized spacial score (nSPS) is 10.8. The van der Waals surface area contributed by atoms with Crippen molar-refractivity contribution in [2.75, 3.05) is 5.32 Å². The Kier molecular flexibility index (Phi) is 5.57. The molecule has 140 valence electrons. The highest BCUT2D eigenvalue weighted by molar-refractivity contribution is 7.19. The number of benzene rings is 2. The first-order chi connectivity index (χ1) is 13.6. The lowest BCUT2D eigenvalue weighted by atomic mass is 10.1. The number of anilines is 1. The van der Waals surface area contributed by atoms with E-state index in [1.54, 1.807) is 23.5 Å². The monoisotopic (exact) mass is 424 g/mol. The predicted octanol–water partition coefficient (Wildman–Crippen LogP) is 6.68. The molecule has 0 saturated carbocycles. The standard InChI is InChI=1S/C22H17ClN2OS2/c1-14-2-6-16(7-3-14)19-10-11-20(28-19)18-13-27-22(24-18)25-21(26)12-15-4-8-17(23)9-5-15/h2-11,13H,12H2,1H3,(H,24,25,26). The van der Waals surface area contributed by atoms with E-state index in [0.717, 1.165) is 16.1 Å². The molecule has 0 radical (unpaired) electrons. The van der Waals surface area contributed by atoms with E-state index in [1.807, 2.05) is 17.5 Å². The molecule has 4 aromatic rings. The van der Waals surface area contributed by atoms with Gasteiger partial charge in [0.25, 0.3) is 0 Å². The zero-order chi connectivity index (χ0) is 19.5. The van der Waals surface area contributed by atoms with Gasteiger partial charge in [-0.3, -0.25) is 4.79 Å². The van der Waals surface area contributed by atoms with Gasteiger partial charge in [0.1, 0.15) is 0 Å². The number of rotatable bonds is 5. The number of carbonyl (C=O) groups is 1. The van der Waals surface area contributed by atoms with Gasteiger partial charge in [0.05, 0.1) is 17.0 Å². The molecule has 4 rings (SSSR count). The first kappa shape index (κ1) is 18.9. The lowest BCUT2D eigenvalue weighted by Crippen LogP contribution is -2.14. The van der Waals surface area contributed by atoms with E-state index in [1.165, 1.54) is 27.3 Å². The molecule has 6 heteroatoms. The third-order valence-electron chi connectivity index (χ3n) is 4.22. The Hall–Kier alpha value is -2.47. The number of carbonyl (C=O) groups excluding carboxylic acids is 1. The van der Waals surface area contributed by atoms with Gasteiger partial charge in [-0.2, -0.15) is 0 Å². The second-order valence-electron chi connectivity index (χ2n) is 6.42. The first-order valence-electron chi connectivity index (χ1n) is 8.74. The number of nitrogens with zero attached hydrogens (tertiary/aromatic N) is 1. The molecule has 0 atom stereocenters. The quantitative estimate of drug-likeness (QED) is 0.388. The summed E-state index contributed by atoms with van der Waals surface area (Å²) in [6.45, 7) is 2.08. The Balaban J connectivity index is 1.43. The van der Waals surface area contributed by atoms with E-state index in [4.69, 9.17) is 11.6 Å². The van der Waals surface area contributed by atoms with E-state index >= 15 is 0 Å². The fraction of sp³-hybridized carbons (Fsp3) is 0.0909. The number of thiazole rings is 1. The topological polar surface area (TPSA) is 42.0 Å². The van der Waals surface area contributed by atoms with Crippen molar-refractivity contribution in [3.8, 4) is 21.0 Å². The zero-order valence-corrected chi connectivity index (χ0v) is 17.5. The van der Waals surface area contributed by atoms with Gasteiger partial charge in [-0.25, -0.2) is 4.98 Å². The van der Waals surface area contributed by atoms with Gasteiger partial charge in [0, 0.05) is 15.3 Å². The first-order valence-corrected chi connectivity index (χ1v) is 10.8. The summed E-state index contributed by atoms with van der Waals surface area (Å²) in [6.07, 6.45) is 0.294. The van der Waals surface area contributed by atoms with Crippen molar-refractivity contribution in [3.63, 3.8) is 0 Å². The van der Waals surface area contributed by atoms with Crippen LogP contribution in [-0.2, 0) is 11.2 Å². The van der Waals surface area contributed by atoms with Crippen LogP contribution >= 0.6 is 34.3 Å². The number of halogens is 1. The molecule has 0 bridgehead atoms. The number of aryl methyl sites for hydroxylation is 1. The number of amides is 1. The molecule has 3 nitrogen and oxygen atoms in total. The van der Waals surface area contributed by atoms with E-state index in [9.17, 15) is 4.79 Å². The fourth-order valence-corrected chi connectivity index (χ4v) is 4.64. The minimum absolute atomic E-state index is 0.0882. The fourth-order valence-electron chi connectivity index (χ4n) is 2.74. The lowest BCUT2D eigenvalue weighted by molar-refractivity contribution is -0.115. The van der Waals surface area contributed by atoms with Crippen LogP contribution in [0.1, 0.15) is 11.1 Å². The summed E-state index contributed by atoms with van der Waals surface area (Å²) in [5.41, 5.74) is 4.25. The van der Waals surface area contributed by atoms with E-state index in [2.05, 4.69) is 53.6 Å². The van der Waals surface area contributed by atoms with Gasteiger partial charge in [-0.1, -0.05) is 53.6 Å². The Bertz CT molecular complexity index is 1100. The van der Waals surface area contributed by atoms with Crippen LogP contribution in [0.3, 0.4) is 0 Å². The van der Waals surface area contributed by atoms with Gasteiger partial charge >= 0.3 is 0 Å². The highest BCUT2D eigenvalue weighted by atomic mass is 35.5. The van der Waals surface area contributed by atoms with E-state index in [-0.39, 0.29) is 5.91 Å². The number of nitrogens with one attached hydrogen (secondary N) is 1. The highest BCUT2D eigenvalue weighted by Gasteiger charge is 2.11. The van der Waals surface area contributed by atoms with Crippen LogP contribution in [-0.4, -0.2) is 10.9 Å².